The highest BCUT2D eigenvalue weighted by Crippen LogP contribution is 2.54. The SMILES string of the molecule is Cc1cc2c(cc1C1(CC(=O)O)CC1)OCC(C)(C)CO2. The predicted octanol–water partition coefficient (Wildman–Crippen LogP) is 3.30. The van der Waals surface area contributed by atoms with Crippen LogP contribution in [0.25, 0.3) is 0 Å². The number of hydrogen-bond acceptors (Lipinski definition) is 3. The van der Waals surface area contributed by atoms with Crippen LogP contribution in [0.1, 0.15) is 44.2 Å². The quantitative estimate of drug-likeness (QED) is 0.928. The van der Waals surface area contributed by atoms with Crippen molar-refractivity contribution in [3.63, 3.8) is 0 Å². The van der Waals surface area contributed by atoms with Gasteiger partial charge in [-0.15, -0.1) is 0 Å². The molecule has 4 nitrogen and oxygen atoms in total. The average Bonchev–Trinajstić information content (AvgIpc) is 3.15. The number of carboxylic acid groups (broad SMARTS) is 1. The molecule has 114 valence electrons. The Hall–Kier alpha value is -1.71. The van der Waals surface area contributed by atoms with Crippen LogP contribution in [0.3, 0.4) is 0 Å². The minimum Gasteiger partial charge on any atom is -0.489 e. The van der Waals surface area contributed by atoms with Gasteiger partial charge in [-0.05, 0) is 43.0 Å². The second-order valence-electron chi connectivity index (χ2n) is 7.21. The van der Waals surface area contributed by atoms with E-state index in [0.717, 1.165) is 35.5 Å². The molecule has 1 saturated carbocycles. The van der Waals surface area contributed by atoms with Crippen LogP contribution in [0.15, 0.2) is 12.1 Å². The largest absolute Gasteiger partial charge is 0.489 e. The van der Waals surface area contributed by atoms with Crippen molar-refractivity contribution in [3.05, 3.63) is 23.3 Å². The van der Waals surface area contributed by atoms with Gasteiger partial charge in [-0.25, -0.2) is 0 Å². The van der Waals surface area contributed by atoms with Crippen LogP contribution < -0.4 is 9.47 Å². The molecule has 2 aliphatic rings. The van der Waals surface area contributed by atoms with Crippen LogP contribution in [0, 0.1) is 12.3 Å². The fraction of sp³-hybridized carbons (Fsp3) is 0.588. The zero-order chi connectivity index (χ0) is 15.3. The van der Waals surface area contributed by atoms with E-state index in [9.17, 15) is 4.79 Å². The maximum absolute atomic E-state index is 11.1. The molecule has 0 spiro atoms. The van der Waals surface area contributed by atoms with E-state index in [0.29, 0.717) is 13.2 Å². The average molecular weight is 290 g/mol. The van der Waals surface area contributed by atoms with Crippen LogP contribution >= 0.6 is 0 Å². The zero-order valence-corrected chi connectivity index (χ0v) is 12.9. The molecule has 1 aromatic carbocycles. The molecule has 1 N–H and O–H groups in total. The van der Waals surface area contributed by atoms with Gasteiger partial charge in [0.05, 0.1) is 19.6 Å². The minimum absolute atomic E-state index is 0.0224. The first-order chi connectivity index (χ1) is 9.81. The van der Waals surface area contributed by atoms with Gasteiger partial charge in [-0.3, -0.25) is 4.79 Å². The highest BCUT2D eigenvalue weighted by atomic mass is 16.5. The summed E-state index contributed by atoms with van der Waals surface area (Å²) in [5, 5.41) is 9.14. The number of aliphatic carboxylic acids is 1. The maximum Gasteiger partial charge on any atom is 0.304 e. The lowest BCUT2D eigenvalue weighted by molar-refractivity contribution is -0.137. The van der Waals surface area contributed by atoms with E-state index < -0.39 is 5.97 Å². The summed E-state index contributed by atoms with van der Waals surface area (Å²) < 4.78 is 11.8. The smallest absolute Gasteiger partial charge is 0.304 e. The summed E-state index contributed by atoms with van der Waals surface area (Å²) in [7, 11) is 0. The summed E-state index contributed by atoms with van der Waals surface area (Å²) in [6.45, 7) is 7.48. The van der Waals surface area contributed by atoms with E-state index in [2.05, 4.69) is 13.8 Å². The fourth-order valence-electron chi connectivity index (χ4n) is 3.03. The maximum atomic E-state index is 11.1. The van der Waals surface area contributed by atoms with E-state index in [-0.39, 0.29) is 17.3 Å². The molecule has 0 radical (unpaired) electrons. The number of carbonyl (C=O) groups is 1. The van der Waals surface area contributed by atoms with E-state index in [1.54, 1.807) is 0 Å². The van der Waals surface area contributed by atoms with Crippen molar-refractivity contribution in [1.29, 1.82) is 0 Å². The third kappa shape index (κ3) is 2.71. The molecule has 1 aliphatic heterocycles. The fourth-order valence-corrected chi connectivity index (χ4v) is 3.03. The number of carboxylic acids is 1. The molecule has 21 heavy (non-hydrogen) atoms. The van der Waals surface area contributed by atoms with Gasteiger partial charge in [0.25, 0.3) is 0 Å². The zero-order valence-electron chi connectivity index (χ0n) is 12.9. The third-order valence-electron chi connectivity index (χ3n) is 4.44. The predicted molar refractivity (Wildman–Crippen MR) is 79.1 cm³/mol. The molecule has 3 rings (SSSR count). The van der Waals surface area contributed by atoms with E-state index >= 15 is 0 Å². The van der Waals surface area contributed by atoms with Gasteiger partial charge < -0.3 is 14.6 Å². The molecule has 1 heterocycles. The summed E-state index contributed by atoms with van der Waals surface area (Å²) in [6, 6.07) is 4.00. The minimum atomic E-state index is -0.736. The second kappa shape index (κ2) is 4.65. The van der Waals surface area contributed by atoms with Crippen molar-refractivity contribution in [2.24, 2.45) is 5.41 Å². The molecule has 0 aromatic heterocycles. The Morgan fingerprint density at radius 3 is 2.29 bits per heavy atom. The molecule has 0 atom stereocenters. The first-order valence-corrected chi connectivity index (χ1v) is 7.44. The number of fused-ring (bicyclic) bond motifs is 1. The van der Waals surface area contributed by atoms with Gasteiger partial charge in [-0.1, -0.05) is 13.8 Å². The van der Waals surface area contributed by atoms with Crippen molar-refractivity contribution < 1.29 is 19.4 Å². The third-order valence-corrected chi connectivity index (χ3v) is 4.44. The highest BCUT2D eigenvalue weighted by molar-refractivity contribution is 5.70. The number of aryl methyl sites for hydroxylation is 1. The summed E-state index contributed by atoms with van der Waals surface area (Å²) in [4.78, 5) is 11.1. The van der Waals surface area contributed by atoms with Crippen molar-refractivity contribution in [3.8, 4) is 11.5 Å². The molecular weight excluding hydrogens is 268 g/mol. The van der Waals surface area contributed by atoms with Crippen LogP contribution in [0.4, 0.5) is 0 Å². The van der Waals surface area contributed by atoms with Gasteiger partial charge in [0.15, 0.2) is 11.5 Å². The first-order valence-electron chi connectivity index (χ1n) is 7.44. The lowest BCUT2D eigenvalue weighted by Crippen LogP contribution is -2.26. The summed E-state index contributed by atoms with van der Waals surface area (Å²) >= 11 is 0. The van der Waals surface area contributed by atoms with Crippen LogP contribution in [0.5, 0.6) is 11.5 Å². The molecule has 1 aromatic rings. The number of rotatable bonds is 3. The van der Waals surface area contributed by atoms with Crippen molar-refractivity contribution in [2.45, 2.75) is 45.4 Å². The van der Waals surface area contributed by atoms with Crippen LogP contribution in [-0.2, 0) is 10.2 Å². The van der Waals surface area contributed by atoms with Crippen LogP contribution in [0.2, 0.25) is 0 Å². The second-order valence-corrected chi connectivity index (χ2v) is 7.21. The van der Waals surface area contributed by atoms with Crippen molar-refractivity contribution >= 4 is 5.97 Å². The first kappa shape index (κ1) is 14.2. The molecule has 0 saturated heterocycles. The van der Waals surface area contributed by atoms with Crippen LogP contribution in [-0.4, -0.2) is 24.3 Å². The molecule has 0 bridgehead atoms. The summed E-state index contributed by atoms with van der Waals surface area (Å²) in [5.41, 5.74) is 1.98. The van der Waals surface area contributed by atoms with E-state index in [4.69, 9.17) is 14.6 Å². The topological polar surface area (TPSA) is 55.8 Å². The standard InChI is InChI=1S/C17H22O4/c1-11-6-13-14(21-10-16(2,3)9-20-13)7-12(11)17(4-5-17)8-15(18)19/h6-7H,4-5,8-10H2,1-3H3,(H,18,19). The Morgan fingerprint density at radius 1 is 1.19 bits per heavy atom. The molecule has 0 unspecified atom stereocenters. The Balaban J connectivity index is 1.95. The molecule has 1 aliphatic carbocycles. The van der Waals surface area contributed by atoms with Gasteiger partial charge in [-0.2, -0.15) is 0 Å². The number of ether oxygens (including phenoxy) is 2. The monoisotopic (exact) mass is 290 g/mol. The van der Waals surface area contributed by atoms with Gasteiger partial charge in [0.1, 0.15) is 0 Å². The Bertz CT molecular complexity index is 585. The van der Waals surface area contributed by atoms with Gasteiger partial charge >= 0.3 is 5.97 Å². The Morgan fingerprint density at radius 2 is 1.76 bits per heavy atom. The highest BCUT2D eigenvalue weighted by Gasteiger charge is 2.47. The van der Waals surface area contributed by atoms with Crippen molar-refractivity contribution in [2.75, 3.05) is 13.2 Å². The normalized spacial score (nSPS) is 21.5. The Labute approximate surface area is 125 Å². The molecule has 4 heteroatoms. The van der Waals surface area contributed by atoms with Gasteiger partial charge in [0, 0.05) is 10.8 Å². The molecule has 0 amide bonds. The summed E-state index contributed by atoms with van der Waals surface area (Å²) in [6.07, 6.45) is 2.07. The number of hydrogen-bond donors (Lipinski definition) is 1. The Kier molecular flexibility index (Phi) is 3.15. The van der Waals surface area contributed by atoms with Gasteiger partial charge in [0.2, 0.25) is 0 Å². The van der Waals surface area contributed by atoms with Crippen molar-refractivity contribution in [1.82, 2.24) is 0 Å². The number of benzene rings is 1. The van der Waals surface area contributed by atoms with E-state index in [1.807, 2.05) is 19.1 Å². The summed E-state index contributed by atoms with van der Waals surface area (Å²) in [5.74, 6) is 0.783. The lowest BCUT2D eigenvalue weighted by Gasteiger charge is -2.19. The molecule has 1 fully saturated rings. The molecular formula is C17H22O4. The lowest BCUT2D eigenvalue weighted by atomic mass is 9.88. The van der Waals surface area contributed by atoms with E-state index in [1.165, 1.54) is 0 Å².